The van der Waals surface area contributed by atoms with Crippen molar-refractivity contribution in [1.29, 1.82) is 0 Å². The van der Waals surface area contributed by atoms with Crippen molar-refractivity contribution in [3.63, 3.8) is 0 Å². The van der Waals surface area contributed by atoms with Crippen LogP contribution in [0.15, 0.2) is 40.3 Å². The normalized spacial score (nSPS) is 16.8. The van der Waals surface area contributed by atoms with Crippen LogP contribution in [0.1, 0.15) is 30.1 Å². The zero-order valence-corrected chi connectivity index (χ0v) is 13.8. The van der Waals surface area contributed by atoms with Crippen LogP contribution in [0.4, 0.5) is 0 Å². The van der Waals surface area contributed by atoms with Gasteiger partial charge in [0.1, 0.15) is 0 Å². The molecule has 128 valence electrons. The second-order valence-corrected chi connectivity index (χ2v) is 7.65. The highest BCUT2D eigenvalue weighted by atomic mass is 32.2. The number of H-pyrrole nitrogens is 2. The number of aromatic amines is 2. The molecule has 0 unspecified atom stereocenters. The van der Waals surface area contributed by atoms with Gasteiger partial charge in [0.25, 0.3) is 0 Å². The number of nitrogens with one attached hydrogen (secondary N) is 2. The number of hydrogen-bond acceptors (Lipinski definition) is 5. The molecule has 1 aromatic carbocycles. The number of carbonyl (C=O) groups is 1. The number of carbonyl (C=O) groups excluding carboxylic acids is 1. The molecule has 1 amide bonds. The number of piperidine rings is 1. The van der Waals surface area contributed by atoms with Gasteiger partial charge in [-0.25, -0.2) is 18.3 Å². The van der Waals surface area contributed by atoms with Crippen LogP contribution in [0.3, 0.4) is 0 Å². The Morgan fingerprint density at radius 1 is 1.12 bits per heavy atom. The number of rotatable bonds is 4. The molecule has 1 saturated heterocycles. The number of nitrogens with zero attached hydrogens (tertiary/aromatic N) is 2. The predicted molar refractivity (Wildman–Crippen MR) is 86.0 cm³/mol. The molecule has 2 N–H and O–H groups in total. The van der Waals surface area contributed by atoms with E-state index < -0.39 is 31.8 Å². The molecule has 1 atom stereocenters. The quantitative estimate of drug-likeness (QED) is 0.839. The van der Waals surface area contributed by atoms with E-state index in [4.69, 9.17) is 0 Å². The minimum Gasteiger partial charge on any atom is -0.341 e. The van der Waals surface area contributed by atoms with E-state index in [1.165, 1.54) is 0 Å². The molecule has 0 bridgehead atoms. The number of hydrogen-bond donors (Lipinski definition) is 2. The highest BCUT2D eigenvalue weighted by Crippen LogP contribution is 2.29. The fourth-order valence-corrected chi connectivity index (χ4v) is 4.42. The van der Waals surface area contributed by atoms with Gasteiger partial charge in [-0.3, -0.25) is 9.78 Å². The number of likely N-dealkylation sites (tertiary alicyclic amines) is 1. The van der Waals surface area contributed by atoms with Gasteiger partial charge in [-0.05, 0) is 24.8 Å². The summed E-state index contributed by atoms with van der Waals surface area (Å²) in [5.74, 6) is -0.482. The summed E-state index contributed by atoms with van der Waals surface area (Å²) in [5, 5.41) is 3.60. The lowest BCUT2D eigenvalue weighted by molar-refractivity contribution is -0.131. The van der Waals surface area contributed by atoms with Crippen molar-refractivity contribution in [2.75, 3.05) is 13.1 Å². The van der Waals surface area contributed by atoms with Gasteiger partial charge < -0.3 is 4.90 Å². The lowest BCUT2D eigenvalue weighted by atomic mass is 10.1. The van der Waals surface area contributed by atoms with Gasteiger partial charge in [0.15, 0.2) is 5.25 Å². The summed E-state index contributed by atoms with van der Waals surface area (Å²) in [6.07, 6.45) is 2.73. The van der Waals surface area contributed by atoms with E-state index >= 15 is 0 Å². The van der Waals surface area contributed by atoms with Crippen LogP contribution in [0.2, 0.25) is 0 Å². The summed E-state index contributed by atoms with van der Waals surface area (Å²) < 4.78 is 25.9. The van der Waals surface area contributed by atoms with Crippen molar-refractivity contribution in [3.05, 3.63) is 46.4 Å². The molecule has 24 heavy (non-hydrogen) atoms. The Hall–Kier alpha value is -2.42. The van der Waals surface area contributed by atoms with Crippen LogP contribution in [0.25, 0.3) is 0 Å². The fraction of sp³-hybridized carbons (Fsp3) is 0.400. The molecule has 0 aliphatic carbocycles. The highest BCUT2D eigenvalue weighted by molar-refractivity contribution is 7.92. The van der Waals surface area contributed by atoms with E-state index in [1.54, 1.807) is 35.2 Å². The van der Waals surface area contributed by atoms with Gasteiger partial charge in [0.2, 0.25) is 20.9 Å². The zero-order chi connectivity index (χ0) is 17.2. The SMILES string of the molecule is O=C([C@@H](c1ccccc1)S(=O)(=O)c1n[nH]c(=O)[nH]1)N1CCCCC1. The summed E-state index contributed by atoms with van der Waals surface area (Å²) in [7, 11) is -4.17. The molecule has 9 heteroatoms. The van der Waals surface area contributed by atoms with E-state index in [1.807, 2.05) is 5.10 Å². The van der Waals surface area contributed by atoms with Crippen molar-refractivity contribution < 1.29 is 13.2 Å². The first-order chi connectivity index (χ1) is 11.5. The standard InChI is InChI=1S/C15H18N4O4S/c20-13(19-9-5-2-6-10-19)12(11-7-3-1-4-8-11)24(22,23)15-16-14(21)17-18-15/h1,3-4,7-8,12H,2,5-6,9-10H2,(H2,16,17,18,21)/t12-/m1/s1. The Morgan fingerprint density at radius 2 is 1.79 bits per heavy atom. The molecule has 1 aromatic heterocycles. The number of amides is 1. The largest absolute Gasteiger partial charge is 0.341 e. The van der Waals surface area contributed by atoms with Gasteiger partial charge in [-0.15, -0.1) is 5.10 Å². The molecule has 0 radical (unpaired) electrons. The Kier molecular flexibility index (Phi) is 4.52. The maximum absolute atomic E-state index is 12.9. The van der Waals surface area contributed by atoms with Crippen LogP contribution in [0, 0.1) is 0 Å². The second-order valence-electron chi connectivity index (χ2n) is 5.70. The first-order valence-electron chi connectivity index (χ1n) is 7.72. The van der Waals surface area contributed by atoms with E-state index in [2.05, 4.69) is 10.1 Å². The summed E-state index contributed by atoms with van der Waals surface area (Å²) in [4.78, 5) is 27.9. The van der Waals surface area contributed by atoms with E-state index in [-0.39, 0.29) is 0 Å². The molecule has 2 aromatic rings. The third-order valence-electron chi connectivity index (χ3n) is 4.05. The Bertz CT molecular complexity index is 866. The summed E-state index contributed by atoms with van der Waals surface area (Å²) >= 11 is 0. The summed E-state index contributed by atoms with van der Waals surface area (Å²) in [6.45, 7) is 1.07. The minimum absolute atomic E-state index is 0.358. The third-order valence-corrected chi connectivity index (χ3v) is 5.88. The van der Waals surface area contributed by atoms with E-state index in [0.29, 0.717) is 18.7 Å². The number of aromatic nitrogens is 3. The smallest absolute Gasteiger partial charge is 0.341 e. The molecule has 2 heterocycles. The van der Waals surface area contributed by atoms with Crippen LogP contribution in [-0.2, 0) is 14.6 Å². The van der Waals surface area contributed by atoms with Crippen molar-refractivity contribution in [2.45, 2.75) is 29.7 Å². The molecular weight excluding hydrogens is 332 g/mol. The molecule has 1 aliphatic rings. The summed E-state index contributed by atoms with van der Waals surface area (Å²) in [5.41, 5.74) is -0.372. The van der Waals surface area contributed by atoms with Crippen LogP contribution in [-0.4, -0.2) is 47.5 Å². The monoisotopic (exact) mass is 350 g/mol. The molecule has 1 fully saturated rings. The zero-order valence-electron chi connectivity index (χ0n) is 12.9. The first kappa shape index (κ1) is 16.4. The lowest BCUT2D eigenvalue weighted by Gasteiger charge is -2.30. The molecule has 1 aliphatic heterocycles. The average Bonchev–Trinajstić information content (AvgIpc) is 3.04. The van der Waals surface area contributed by atoms with Gasteiger partial charge in [-0.2, -0.15) is 0 Å². The molecule has 0 saturated carbocycles. The first-order valence-corrected chi connectivity index (χ1v) is 9.27. The maximum Gasteiger partial charge on any atom is 0.341 e. The third kappa shape index (κ3) is 3.12. The van der Waals surface area contributed by atoms with E-state index in [0.717, 1.165) is 19.3 Å². The van der Waals surface area contributed by atoms with Crippen molar-refractivity contribution in [2.24, 2.45) is 0 Å². The minimum atomic E-state index is -4.17. The second kappa shape index (κ2) is 6.60. The number of sulfone groups is 1. The number of benzene rings is 1. The van der Waals surface area contributed by atoms with Crippen LogP contribution >= 0.6 is 0 Å². The van der Waals surface area contributed by atoms with Crippen LogP contribution in [0.5, 0.6) is 0 Å². The average molecular weight is 350 g/mol. The van der Waals surface area contributed by atoms with Crippen LogP contribution < -0.4 is 5.69 Å². The topological polar surface area (TPSA) is 116 Å². The van der Waals surface area contributed by atoms with Crippen molar-refractivity contribution >= 4 is 15.7 Å². The van der Waals surface area contributed by atoms with Gasteiger partial charge in [0, 0.05) is 13.1 Å². The molecule has 0 spiro atoms. The Balaban J connectivity index is 2.05. The Morgan fingerprint density at radius 3 is 2.38 bits per heavy atom. The predicted octanol–water partition coefficient (Wildman–Crippen LogP) is 0.625. The Labute approximate surface area is 138 Å². The molecular formula is C15H18N4O4S. The highest BCUT2D eigenvalue weighted by Gasteiger charge is 2.40. The molecule has 8 nitrogen and oxygen atoms in total. The van der Waals surface area contributed by atoms with Gasteiger partial charge in [-0.1, -0.05) is 30.3 Å². The van der Waals surface area contributed by atoms with E-state index in [9.17, 15) is 18.0 Å². The lowest BCUT2D eigenvalue weighted by Crippen LogP contribution is -2.41. The molecule has 3 rings (SSSR count). The maximum atomic E-state index is 12.9. The van der Waals surface area contributed by atoms with Crippen molar-refractivity contribution in [1.82, 2.24) is 20.1 Å². The summed E-state index contributed by atoms with van der Waals surface area (Å²) in [6, 6.07) is 8.28. The van der Waals surface area contributed by atoms with Crippen molar-refractivity contribution in [3.8, 4) is 0 Å². The van der Waals surface area contributed by atoms with Gasteiger partial charge >= 0.3 is 5.69 Å². The fourth-order valence-electron chi connectivity index (χ4n) is 2.86. The van der Waals surface area contributed by atoms with Gasteiger partial charge in [0.05, 0.1) is 0 Å².